The predicted molar refractivity (Wildman–Crippen MR) is 83.9 cm³/mol. The predicted octanol–water partition coefficient (Wildman–Crippen LogP) is 2.84. The Labute approximate surface area is 129 Å². The lowest BCUT2D eigenvalue weighted by molar-refractivity contribution is -0.123. The van der Waals surface area contributed by atoms with E-state index in [9.17, 15) is 4.79 Å². The maximum absolute atomic E-state index is 13.2. The molecule has 5 rings (SSSR count). The smallest absolute Gasteiger partial charge is 0.254 e. The second kappa shape index (κ2) is 4.22. The number of rotatable bonds is 3. The highest BCUT2D eigenvalue weighted by Crippen LogP contribution is 2.49. The second-order valence-electron chi connectivity index (χ2n) is 6.81. The summed E-state index contributed by atoms with van der Waals surface area (Å²) in [6.07, 6.45) is 9.11. The molecule has 1 amide bonds. The van der Waals surface area contributed by atoms with E-state index in [-0.39, 0.29) is 5.91 Å². The van der Waals surface area contributed by atoms with Crippen LogP contribution in [-0.2, 0) is 16.8 Å². The summed E-state index contributed by atoms with van der Waals surface area (Å²) in [4.78, 5) is 15.2. The zero-order valence-corrected chi connectivity index (χ0v) is 12.5. The van der Waals surface area contributed by atoms with E-state index < -0.39 is 5.54 Å². The van der Waals surface area contributed by atoms with Gasteiger partial charge < -0.3 is 4.90 Å². The van der Waals surface area contributed by atoms with Crippen LogP contribution in [0.3, 0.4) is 0 Å². The number of fused-ring (bicyclic) bond motifs is 1. The number of nitrogens with zero attached hydrogens (tertiary/aromatic N) is 3. The highest BCUT2D eigenvalue weighted by atomic mass is 16.2. The molecule has 2 saturated carbocycles. The van der Waals surface area contributed by atoms with Crippen LogP contribution in [0.4, 0.5) is 5.69 Å². The van der Waals surface area contributed by atoms with Crippen LogP contribution in [0.15, 0.2) is 36.7 Å². The van der Waals surface area contributed by atoms with E-state index in [1.807, 2.05) is 21.8 Å². The highest BCUT2D eigenvalue weighted by molar-refractivity contribution is 6.02. The third-order valence-electron chi connectivity index (χ3n) is 5.39. The van der Waals surface area contributed by atoms with Gasteiger partial charge in [-0.15, -0.1) is 0 Å². The van der Waals surface area contributed by atoms with Gasteiger partial charge in [0.25, 0.3) is 5.91 Å². The molecule has 0 atom stereocenters. The van der Waals surface area contributed by atoms with Crippen molar-refractivity contribution < 1.29 is 4.79 Å². The minimum Gasteiger partial charge on any atom is -0.310 e. The summed E-state index contributed by atoms with van der Waals surface area (Å²) in [5.41, 5.74) is 3.62. The van der Waals surface area contributed by atoms with Crippen molar-refractivity contribution in [1.29, 1.82) is 0 Å². The third kappa shape index (κ3) is 1.64. The van der Waals surface area contributed by atoms with E-state index in [0.29, 0.717) is 0 Å². The quantitative estimate of drug-likeness (QED) is 0.873. The molecule has 4 heteroatoms. The lowest BCUT2D eigenvalue weighted by Crippen LogP contribution is -2.41. The van der Waals surface area contributed by atoms with Crippen LogP contribution in [0.2, 0.25) is 0 Å². The Kier molecular flexibility index (Phi) is 2.38. The molecule has 2 aliphatic carbocycles. The minimum absolute atomic E-state index is 0.225. The number of amides is 1. The Morgan fingerprint density at radius 3 is 2.77 bits per heavy atom. The molecule has 0 radical (unpaired) electrons. The van der Waals surface area contributed by atoms with E-state index in [2.05, 4.69) is 23.3 Å². The number of carbonyl (C=O) groups excluding carboxylic acids is 1. The average Bonchev–Trinajstić information content (AvgIpc) is 3.45. The molecule has 4 nitrogen and oxygen atoms in total. The van der Waals surface area contributed by atoms with E-state index in [1.165, 1.54) is 24.0 Å². The Morgan fingerprint density at radius 1 is 1.23 bits per heavy atom. The van der Waals surface area contributed by atoms with Crippen molar-refractivity contribution in [3.63, 3.8) is 0 Å². The van der Waals surface area contributed by atoms with Crippen molar-refractivity contribution in [2.24, 2.45) is 0 Å². The fourth-order valence-corrected chi connectivity index (χ4v) is 3.88. The maximum Gasteiger partial charge on any atom is 0.254 e. The molecule has 3 aliphatic rings. The molecule has 22 heavy (non-hydrogen) atoms. The van der Waals surface area contributed by atoms with Gasteiger partial charge >= 0.3 is 0 Å². The van der Waals surface area contributed by atoms with Crippen LogP contribution in [0, 0.1) is 0 Å². The second-order valence-corrected chi connectivity index (χ2v) is 6.81. The normalized spacial score (nSPS) is 21.7. The summed E-state index contributed by atoms with van der Waals surface area (Å²) < 4.78 is 1.86. The minimum atomic E-state index is -0.416. The molecule has 0 saturated heterocycles. The number of anilines is 1. The van der Waals surface area contributed by atoms with Crippen molar-refractivity contribution in [1.82, 2.24) is 9.78 Å². The zero-order valence-electron chi connectivity index (χ0n) is 12.5. The Bertz CT molecular complexity index is 742. The van der Waals surface area contributed by atoms with Gasteiger partial charge in [0.15, 0.2) is 0 Å². The van der Waals surface area contributed by atoms with E-state index in [4.69, 9.17) is 0 Å². The van der Waals surface area contributed by atoms with E-state index in [0.717, 1.165) is 37.4 Å². The number of benzene rings is 1. The molecular formula is C18H19N3O. The van der Waals surface area contributed by atoms with Crippen molar-refractivity contribution in [2.45, 2.75) is 43.6 Å². The van der Waals surface area contributed by atoms with Crippen molar-refractivity contribution in [2.75, 3.05) is 11.4 Å². The Balaban J connectivity index is 1.52. The molecule has 2 heterocycles. The monoisotopic (exact) mass is 293 g/mol. The van der Waals surface area contributed by atoms with Crippen molar-refractivity contribution in [3.8, 4) is 0 Å². The summed E-state index contributed by atoms with van der Waals surface area (Å²) in [6, 6.07) is 8.39. The van der Waals surface area contributed by atoms with E-state index in [1.54, 1.807) is 6.20 Å². The summed E-state index contributed by atoms with van der Waals surface area (Å²) in [5.74, 6) is 0.967. The van der Waals surface area contributed by atoms with E-state index >= 15 is 0 Å². The molecule has 2 fully saturated rings. The van der Waals surface area contributed by atoms with Gasteiger partial charge in [-0.2, -0.15) is 5.10 Å². The molecule has 112 valence electrons. The molecular weight excluding hydrogens is 274 g/mol. The molecule has 1 aromatic heterocycles. The Morgan fingerprint density at radius 2 is 2.09 bits per heavy atom. The molecule has 0 N–H and O–H groups in total. The summed E-state index contributed by atoms with van der Waals surface area (Å²) in [6.45, 7) is 0.820. The summed E-state index contributed by atoms with van der Waals surface area (Å²) >= 11 is 0. The fourth-order valence-electron chi connectivity index (χ4n) is 3.88. The van der Waals surface area contributed by atoms with Crippen LogP contribution in [-0.4, -0.2) is 22.2 Å². The molecule has 1 aromatic carbocycles. The van der Waals surface area contributed by atoms with Crippen LogP contribution in [0.25, 0.3) is 0 Å². The summed E-state index contributed by atoms with van der Waals surface area (Å²) in [7, 11) is 0. The van der Waals surface area contributed by atoms with Crippen LogP contribution < -0.4 is 4.90 Å². The fraction of sp³-hybridized carbons (Fsp3) is 0.444. The van der Waals surface area contributed by atoms with Crippen LogP contribution in [0.5, 0.6) is 0 Å². The van der Waals surface area contributed by atoms with Gasteiger partial charge in [0, 0.05) is 24.6 Å². The highest BCUT2D eigenvalue weighted by Gasteiger charge is 2.55. The van der Waals surface area contributed by atoms with Gasteiger partial charge in [-0.05, 0) is 61.3 Å². The molecule has 0 spiro atoms. The largest absolute Gasteiger partial charge is 0.310 e. The lowest BCUT2D eigenvalue weighted by atomic mass is 10.0. The van der Waals surface area contributed by atoms with Gasteiger partial charge in [0.05, 0.1) is 0 Å². The summed E-state index contributed by atoms with van der Waals surface area (Å²) in [5, 5.41) is 4.32. The van der Waals surface area contributed by atoms with Gasteiger partial charge in [-0.25, -0.2) is 0 Å². The first kappa shape index (κ1) is 12.4. The number of carbonyl (C=O) groups is 1. The van der Waals surface area contributed by atoms with Crippen LogP contribution in [0.1, 0.15) is 42.7 Å². The maximum atomic E-state index is 13.2. The third-order valence-corrected chi connectivity index (χ3v) is 5.39. The topological polar surface area (TPSA) is 38.1 Å². The molecule has 1 aliphatic heterocycles. The van der Waals surface area contributed by atoms with Crippen molar-refractivity contribution >= 4 is 11.6 Å². The van der Waals surface area contributed by atoms with Gasteiger partial charge in [-0.1, -0.05) is 12.1 Å². The number of aromatic nitrogens is 2. The van der Waals surface area contributed by atoms with Gasteiger partial charge in [-0.3, -0.25) is 9.48 Å². The first-order valence-electron chi connectivity index (χ1n) is 8.23. The molecule has 2 aromatic rings. The SMILES string of the molecule is O=C(N1CCc2c(C3CC3)cccc21)C1(n2cccn2)CC1. The van der Waals surface area contributed by atoms with Gasteiger partial charge in [0.1, 0.15) is 5.54 Å². The molecule has 0 unspecified atom stereocenters. The standard InChI is InChI=1S/C18H19N3O/c22-17(18(8-9-18)21-11-2-10-19-21)20-12-7-15-14(13-5-6-13)3-1-4-16(15)20/h1-4,10-11,13H,5-9,12H2. The van der Waals surface area contributed by atoms with Gasteiger partial charge in [0.2, 0.25) is 0 Å². The first-order chi connectivity index (χ1) is 10.8. The number of hydrogen-bond acceptors (Lipinski definition) is 2. The Hall–Kier alpha value is -2.10. The molecule has 0 bridgehead atoms. The number of hydrogen-bond donors (Lipinski definition) is 0. The van der Waals surface area contributed by atoms with Crippen LogP contribution >= 0.6 is 0 Å². The van der Waals surface area contributed by atoms with Crippen molar-refractivity contribution in [3.05, 3.63) is 47.8 Å². The first-order valence-corrected chi connectivity index (χ1v) is 8.23. The average molecular weight is 293 g/mol. The zero-order chi connectivity index (χ0) is 14.7. The lowest BCUT2D eigenvalue weighted by Gasteiger charge is -2.24.